The van der Waals surface area contributed by atoms with Crippen molar-refractivity contribution in [1.82, 2.24) is 4.31 Å². The van der Waals surface area contributed by atoms with Crippen LogP contribution >= 0.6 is 0 Å². The third-order valence-corrected chi connectivity index (χ3v) is 6.42. The van der Waals surface area contributed by atoms with Gasteiger partial charge in [-0.2, -0.15) is 9.57 Å². The smallest absolute Gasteiger partial charge is 0.207 e. The van der Waals surface area contributed by atoms with Crippen molar-refractivity contribution in [3.63, 3.8) is 0 Å². The van der Waals surface area contributed by atoms with Crippen molar-refractivity contribution in [3.8, 4) is 6.07 Å². The zero-order valence-corrected chi connectivity index (χ0v) is 13.7. The number of nitriles is 1. The Morgan fingerprint density at radius 2 is 1.90 bits per heavy atom. The second kappa shape index (κ2) is 6.17. The normalized spacial score (nSPS) is 17.9. The first-order chi connectivity index (χ1) is 9.86. The highest BCUT2D eigenvalue weighted by Crippen LogP contribution is 2.29. The van der Waals surface area contributed by atoms with Crippen LogP contribution in [0.3, 0.4) is 0 Å². The van der Waals surface area contributed by atoms with Crippen LogP contribution in [-0.2, 0) is 10.0 Å². The Morgan fingerprint density at radius 3 is 2.38 bits per heavy atom. The van der Waals surface area contributed by atoms with E-state index in [1.807, 2.05) is 6.07 Å². The lowest BCUT2D eigenvalue weighted by Crippen LogP contribution is -2.39. The molecular weight excluding hydrogens is 284 g/mol. The van der Waals surface area contributed by atoms with E-state index >= 15 is 0 Å². The molecule has 0 aromatic heterocycles. The minimum absolute atomic E-state index is 0.324. The summed E-state index contributed by atoms with van der Waals surface area (Å²) in [6.45, 7) is 7.31. The molecule has 0 bridgehead atoms. The third-order valence-electron chi connectivity index (χ3n) is 4.36. The average Bonchev–Trinajstić information content (AvgIpc) is 2.46. The Hall–Kier alpha value is -1.38. The van der Waals surface area contributed by atoms with Crippen LogP contribution in [0.5, 0.6) is 0 Å². The van der Waals surface area contributed by atoms with E-state index in [1.165, 1.54) is 0 Å². The molecule has 0 unspecified atom stereocenters. The largest absolute Gasteiger partial charge is 0.243 e. The number of nitrogens with zero attached hydrogens (tertiary/aromatic N) is 2. The van der Waals surface area contributed by atoms with E-state index in [0.29, 0.717) is 40.9 Å². The molecule has 1 aromatic rings. The first kappa shape index (κ1) is 16.0. The fourth-order valence-corrected chi connectivity index (χ4v) is 4.61. The molecule has 1 heterocycles. The molecule has 4 nitrogen and oxygen atoms in total. The molecule has 0 aliphatic carbocycles. The topological polar surface area (TPSA) is 61.2 Å². The number of hydrogen-bond donors (Lipinski definition) is 0. The molecule has 0 radical (unpaired) electrons. The first-order valence-corrected chi connectivity index (χ1v) is 8.81. The minimum Gasteiger partial charge on any atom is -0.207 e. The first-order valence-electron chi connectivity index (χ1n) is 7.37. The molecule has 1 saturated heterocycles. The van der Waals surface area contributed by atoms with Gasteiger partial charge in [-0.3, -0.25) is 0 Å². The highest BCUT2D eigenvalue weighted by molar-refractivity contribution is 7.89. The van der Waals surface area contributed by atoms with Crippen LogP contribution < -0.4 is 0 Å². The molecular formula is C16H22N2O2S. The summed E-state index contributed by atoms with van der Waals surface area (Å²) in [4.78, 5) is 0.324. The van der Waals surface area contributed by atoms with Crippen molar-refractivity contribution in [1.29, 1.82) is 5.26 Å². The van der Waals surface area contributed by atoms with Crippen LogP contribution in [0, 0.1) is 30.1 Å². The summed E-state index contributed by atoms with van der Waals surface area (Å²) in [5.74, 6) is 1.21. The SMILES string of the molecule is Cc1cc(C#N)ccc1S(=O)(=O)N1CCC(C(C)C)CC1. The van der Waals surface area contributed by atoms with Crippen LogP contribution in [0.4, 0.5) is 0 Å². The molecule has 0 N–H and O–H groups in total. The van der Waals surface area contributed by atoms with E-state index in [2.05, 4.69) is 13.8 Å². The Labute approximate surface area is 127 Å². The quantitative estimate of drug-likeness (QED) is 0.862. The highest BCUT2D eigenvalue weighted by Gasteiger charge is 2.31. The minimum atomic E-state index is -3.44. The fourth-order valence-electron chi connectivity index (χ4n) is 2.93. The Bertz CT molecular complexity index is 651. The Morgan fingerprint density at radius 1 is 1.29 bits per heavy atom. The molecule has 2 rings (SSSR count). The zero-order valence-electron chi connectivity index (χ0n) is 12.8. The molecule has 1 aliphatic heterocycles. The van der Waals surface area contributed by atoms with Gasteiger partial charge in [0.25, 0.3) is 0 Å². The van der Waals surface area contributed by atoms with E-state index in [4.69, 9.17) is 5.26 Å². The highest BCUT2D eigenvalue weighted by atomic mass is 32.2. The average molecular weight is 306 g/mol. The second-order valence-corrected chi connectivity index (χ2v) is 7.98. The summed E-state index contributed by atoms with van der Waals surface area (Å²) in [7, 11) is -3.44. The lowest BCUT2D eigenvalue weighted by molar-refractivity contribution is 0.226. The van der Waals surface area contributed by atoms with Gasteiger partial charge in [-0.05, 0) is 55.4 Å². The predicted molar refractivity (Wildman–Crippen MR) is 82.2 cm³/mol. The fraction of sp³-hybridized carbons (Fsp3) is 0.562. The van der Waals surface area contributed by atoms with Crippen LogP contribution in [0.1, 0.15) is 37.8 Å². The van der Waals surface area contributed by atoms with Crippen molar-refractivity contribution in [2.45, 2.75) is 38.5 Å². The van der Waals surface area contributed by atoms with E-state index < -0.39 is 10.0 Å². The number of aryl methyl sites for hydroxylation is 1. The summed E-state index contributed by atoms with van der Waals surface area (Å²) in [6.07, 6.45) is 1.85. The van der Waals surface area contributed by atoms with Gasteiger partial charge in [0.05, 0.1) is 16.5 Å². The van der Waals surface area contributed by atoms with Gasteiger partial charge in [-0.1, -0.05) is 13.8 Å². The molecule has 0 atom stereocenters. The van der Waals surface area contributed by atoms with Crippen LogP contribution in [-0.4, -0.2) is 25.8 Å². The molecule has 5 heteroatoms. The third kappa shape index (κ3) is 3.28. The number of benzene rings is 1. The van der Waals surface area contributed by atoms with Gasteiger partial charge in [-0.25, -0.2) is 8.42 Å². The molecule has 21 heavy (non-hydrogen) atoms. The summed E-state index contributed by atoms with van der Waals surface area (Å²) >= 11 is 0. The molecule has 114 valence electrons. The van der Waals surface area contributed by atoms with Crippen molar-refractivity contribution in [2.75, 3.05) is 13.1 Å². The molecule has 1 aliphatic rings. The summed E-state index contributed by atoms with van der Waals surface area (Å²) in [5, 5.41) is 8.88. The van der Waals surface area contributed by atoms with Gasteiger partial charge >= 0.3 is 0 Å². The summed E-state index contributed by atoms with van der Waals surface area (Å²) in [6, 6.07) is 6.79. The van der Waals surface area contributed by atoms with Gasteiger partial charge < -0.3 is 0 Å². The molecule has 0 amide bonds. The number of rotatable bonds is 3. The van der Waals surface area contributed by atoms with Crippen LogP contribution in [0.15, 0.2) is 23.1 Å². The lowest BCUT2D eigenvalue weighted by Gasteiger charge is -2.33. The van der Waals surface area contributed by atoms with Crippen molar-refractivity contribution in [3.05, 3.63) is 29.3 Å². The van der Waals surface area contributed by atoms with Crippen LogP contribution in [0.25, 0.3) is 0 Å². The number of sulfonamides is 1. The van der Waals surface area contributed by atoms with Gasteiger partial charge in [0.1, 0.15) is 0 Å². The maximum absolute atomic E-state index is 12.7. The van der Waals surface area contributed by atoms with E-state index in [9.17, 15) is 8.42 Å². The predicted octanol–water partition coefficient (Wildman–Crippen LogP) is 2.92. The van der Waals surface area contributed by atoms with E-state index in [-0.39, 0.29) is 0 Å². The number of hydrogen-bond acceptors (Lipinski definition) is 3. The van der Waals surface area contributed by atoms with Crippen LogP contribution in [0.2, 0.25) is 0 Å². The van der Waals surface area contributed by atoms with Gasteiger partial charge in [-0.15, -0.1) is 0 Å². The monoisotopic (exact) mass is 306 g/mol. The van der Waals surface area contributed by atoms with E-state index in [1.54, 1.807) is 29.4 Å². The van der Waals surface area contributed by atoms with Gasteiger partial charge in [0, 0.05) is 13.1 Å². The molecule has 0 spiro atoms. The van der Waals surface area contributed by atoms with Gasteiger partial charge in [0.2, 0.25) is 10.0 Å². The van der Waals surface area contributed by atoms with E-state index in [0.717, 1.165) is 12.8 Å². The molecule has 1 aromatic carbocycles. The molecule has 1 fully saturated rings. The van der Waals surface area contributed by atoms with Crippen molar-refractivity contribution in [2.24, 2.45) is 11.8 Å². The maximum Gasteiger partial charge on any atom is 0.243 e. The van der Waals surface area contributed by atoms with Gasteiger partial charge in [0.15, 0.2) is 0 Å². The Kier molecular flexibility index (Phi) is 4.70. The molecule has 0 saturated carbocycles. The second-order valence-electron chi connectivity index (χ2n) is 6.08. The summed E-state index contributed by atoms with van der Waals surface area (Å²) in [5.41, 5.74) is 1.13. The zero-order chi connectivity index (χ0) is 15.6. The van der Waals surface area contributed by atoms with Crippen molar-refractivity contribution < 1.29 is 8.42 Å². The lowest BCUT2D eigenvalue weighted by atomic mass is 9.87. The Balaban J connectivity index is 2.22. The summed E-state index contributed by atoms with van der Waals surface area (Å²) < 4.78 is 27.0. The van der Waals surface area contributed by atoms with Crippen molar-refractivity contribution >= 4 is 10.0 Å². The maximum atomic E-state index is 12.7. The standard InChI is InChI=1S/C16H22N2O2S/c1-12(2)15-6-8-18(9-7-15)21(19,20)16-5-4-14(11-17)10-13(16)3/h4-5,10,12,15H,6-9H2,1-3H3. The number of piperidine rings is 1.